The number of nitrogens with zero attached hydrogens (tertiary/aromatic N) is 1. The van der Waals surface area contributed by atoms with Crippen LogP contribution in [0.4, 0.5) is 5.69 Å². The highest BCUT2D eigenvalue weighted by Crippen LogP contribution is 2.41. The molecule has 0 aliphatic carbocycles. The first kappa shape index (κ1) is 21.2. The Morgan fingerprint density at radius 1 is 0.812 bits per heavy atom. The molecule has 1 amide bonds. The summed E-state index contributed by atoms with van der Waals surface area (Å²) in [5.74, 6) is -2.60. The Labute approximate surface area is 185 Å². The van der Waals surface area contributed by atoms with Crippen LogP contribution < -0.4 is 9.64 Å². The van der Waals surface area contributed by atoms with E-state index in [4.69, 9.17) is 4.74 Å². The van der Waals surface area contributed by atoms with Crippen LogP contribution in [-0.2, 0) is 9.59 Å². The van der Waals surface area contributed by atoms with Crippen LogP contribution in [0.2, 0.25) is 0 Å². The number of amides is 1. The summed E-state index contributed by atoms with van der Waals surface area (Å²) < 4.78 is 5.22. The van der Waals surface area contributed by atoms with Crippen molar-refractivity contribution in [3.8, 4) is 5.75 Å². The summed E-state index contributed by atoms with van der Waals surface area (Å²) in [4.78, 5) is 52.6. The number of carbonyl (C=O) groups excluding carboxylic acids is 4. The Balaban J connectivity index is 1.83. The Bertz CT molecular complexity index is 1180. The molecule has 32 heavy (non-hydrogen) atoms. The summed E-state index contributed by atoms with van der Waals surface area (Å²) in [6.07, 6.45) is 0. The zero-order valence-corrected chi connectivity index (χ0v) is 17.6. The van der Waals surface area contributed by atoms with Gasteiger partial charge in [-0.3, -0.25) is 24.1 Å². The van der Waals surface area contributed by atoms with E-state index in [0.717, 1.165) is 0 Å². The van der Waals surface area contributed by atoms with E-state index in [-0.39, 0.29) is 5.78 Å². The van der Waals surface area contributed by atoms with Crippen LogP contribution in [0, 0.1) is 5.92 Å². The fourth-order valence-electron chi connectivity index (χ4n) is 3.99. The molecule has 1 heterocycles. The second-order valence-electron chi connectivity index (χ2n) is 7.57. The highest BCUT2D eigenvalue weighted by molar-refractivity contribution is 6.49. The lowest BCUT2D eigenvalue weighted by molar-refractivity contribution is -0.135. The van der Waals surface area contributed by atoms with E-state index < -0.39 is 29.4 Å². The Hall–Kier alpha value is -4.06. The molecule has 1 aliphatic heterocycles. The predicted octanol–water partition coefficient (Wildman–Crippen LogP) is 4.05. The van der Waals surface area contributed by atoms with Gasteiger partial charge in [0, 0.05) is 16.8 Å². The minimum absolute atomic E-state index is 0.107. The van der Waals surface area contributed by atoms with Crippen LogP contribution in [0.1, 0.15) is 39.2 Å². The molecule has 6 nitrogen and oxygen atoms in total. The van der Waals surface area contributed by atoms with Gasteiger partial charge in [-0.1, -0.05) is 42.5 Å². The van der Waals surface area contributed by atoms with Gasteiger partial charge in [0.25, 0.3) is 5.91 Å². The maximum atomic E-state index is 13.4. The first-order valence-corrected chi connectivity index (χ1v) is 10.1. The van der Waals surface area contributed by atoms with Gasteiger partial charge in [0.05, 0.1) is 13.2 Å². The van der Waals surface area contributed by atoms with Crippen LogP contribution in [0.25, 0.3) is 0 Å². The second kappa shape index (κ2) is 8.59. The van der Waals surface area contributed by atoms with E-state index in [1.54, 1.807) is 86.0 Å². The molecule has 2 atom stereocenters. The molecule has 0 radical (unpaired) electrons. The molecule has 160 valence electrons. The van der Waals surface area contributed by atoms with E-state index in [1.165, 1.54) is 11.8 Å². The summed E-state index contributed by atoms with van der Waals surface area (Å²) in [5, 5.41) is 0. The van der Waals surface area contributed by atoms with Gasteiger partial charge in [-0.05, 0) is 48.9 Å². The zero-order valence-electron chi connectivity index (χ0n) is 17.6. The lowest BCUT2D eigenvalue weighted by Gasteiger charge is -2.27. The average Bonchev–Trinajstić information content (AvgIpc) is 3.09. The molecule has 4 rings (SSSR count). The van der Waals surface area contributed by atoms with Crippen molar-refractivity contribution in [2.24, 2.45) is 5.92 Å². The Morgan fingerprint density at radius 3 is 2.00 bits per heavy atom. The summed E-state index contributed by atoms with van der Waals surface area (Å²) in [6, 6.07) is 21.1. The van der Waals surface area contributed by atoms with E-state index in [0.29, 0.717) is 28.1 Å². The van der Waals surface area contributed by atoms with Crippen LogP contribution in [0.3, 0.4) is 0 Å². The SMILES string of the molecule is COc1ccc(C2C(C(=O)c3ccccc3)C(=O)C(=O)N2c2ccc(C(C)=O)cc2)cc1. The van der Waals surface area contributed by atoms with Gasteiger partial charge in [-0.2, -0.15) is 0 Å². The minimum atomic E-state index is -1.19. The van der Waals surface area contributed by atoms with Gasteiger partial charge in [0.1, 0.15) is 11.7 Å². The molecule has 0 bridgehead atoms. The maximum absolute atomic E-state index is 13.4. The largest absolute Gasteiger partial charge is 0.497 e. The van der Waals surface area contributed by atoms with Crippen LogP contribution >= 0.6 is 0 Å². The van der Waals surface area contributed by atoms with Crippen molar-refractivity contribution in [3.05, 3.63) is 95.6 Å². The molecule has 1 fully saturated rings. The van der Waals surface area contributed by atoms with Gasteiger partial charge in [-0.25, -0.2) is 0 Å². The van der Waals surface area contributed by atoms with Crippen molar-refractivity contribution < 1.29 is 23.9 Å². The predicted molar refractivity (Wildman–Crippen MR) is 119 cm³/mol. The molecule has 1 aliphatic rings. The van der Waals surface area contributed by atoms with Gasteiger partial charge < -0.3 is 4.74 Å². The van der Waals surface area contributed by atoms with Crippen molar-refractivity contribution in [2.75, 3.05) is 12.0 Å². The summed E-state index contributed by atoms with van der Waals surface area (Å²) >= 11 is 0. The summed E-state index contributed by atoms with van der Waals surface area (Å²) in [6.45, 7) is 1.45. The van der Waals surface area contributed by atoms with Crippen molar-refractivity contribution in [2.45, 2.75) is 13.0 Å². The number of hydrogen-bond donors (Lipinski definition) is 0. The number of benzene rings is 3. The molecule has 6 heteroatoms. The fourth-order valence-corrected chi connectivity index (χ4v) is 3.99. The minimum Gasteiger partial charge on any atom is -0.497 e. The number of ether oxygens (including phenoxy) is 1. The van der Waals surface area contributed by atoms with Crippen molar-refractivity contribution >= 4 is 28.9 Å². The highest BCUT2D eigenvalue weighted by Gasteiger charge is 2.52. The number of rotatable bonds is 6. The number of Topliss-reactive ketones (excluding diaryl/α,β-unsaturated/α-hetero) is 3. The number of hydrogen-bond acceptors (Lipinski definition) is 5. The standard InChI is InChI=1S/C26H21NO5/c1-16(28)17-8-12-20(13-9-17)27-23(18-10-14-21(32-2)15-11-18)22(25(30)26(27)31)24(29)19-6-4-3-5-7-19/h3-15,22-23H,1-2H3. The third-order valence-corrected chi connectivity index (χ3v) is 5.66. The molecule has 3 aromatic rings. The molecular weight excluding hydrogens is 406 g/mol. The van der Waals surface area contributed by atoms with Gasteiger partial charge in [-0.15, -0.1) is 0 Å². The first-order valence-electron chi connectivity index (χ1n) is 10.1. The van der Waals surface area contributed by atoms with Crippen LogP contribution in [0.5, 0.6) is 5.75 Å². The zero-order chi connectivity index (χ0) is 22.8. The molecule has 0 aromatic heterocycles. The smallest absolute Gasteiger partial charge is 0.295 e. The summed E-state index contributed by atoms with van der Waals surface area (Å²) in [7, 11) is 1.54. The van der Waals surface area contributed by atoms with E-state index >= 15 is 0 Å². The quantitative estimate of drug-likeness (QED) is 0.337. The van der Waals surface area contributed by atoms with Crippen molar-refractivity contribution in [1.82, 2.24) is 0 Å². The number of carbonyl (C=O) groups is 4. The molecule has 2 unspecified atom stereocenters. The number of anilines is 1. The molecule has 0 spiro atoms. The van der Waals surface area contributed by atoms with E-state index in [1.807, 2.05) is 0 Å². The topological polar surface area (TPSA) is 80.8 Å². The van der Waals surface area contributed by atoms with E-state index in [2.05, 4.69) is 0 Å². The maximum Gasteiger partial charge on any atom is 0.295 e. The van der Waals surface area contributed by atoms with Crippen LogP contribution in [-0.4, -0.2) is 30.4 Å². The van der Waals surface area contributed by atoms with Gasteiger partial charge in [0.15, 0.2) is 11.6 Å². The monoisotopic (exact) mass is 427 g/mol. The average molecular weight is 427 g/mol. The van der Waals surface area contributed by atoms with Gasteiger partial charge >= 0.3 is 0 Å². The third-order valence-electron chi connectivity index (χ3n) is 5.66. The van der Waals surface area contributed by atoms with Crippen molar-refractivity contribution in [1.29, 1.82) is 0 Å². The Morgan fingerprint density at radius 2 is 1.44 bits per heavy atom. The second-order valence-corrected chi connectivity index (χ2v) is 7.57. The molecule has 0 N–H and O–H groups in total. The molecule has 0 saturated carbocycles. The molecular formula is C26H21NO5. The number of ketones is 3. The molecule has 3 aromatic carbocycles. The normalized spacial score (nSPS) is 18.0. The lowest BCUT2D eigenvalue weighted by atomic mass is 9.86. The lowest BCUT2D eigenvalue weighted by Crippen LogP contribution is -2.30. The Kier molecular flexibility index (Phi) is 5.69. The molecule has 1 saturated heterocycles. The highest BCUT2D eigenvalue weighted by atomic mass is 16.5. The summed E-state index contributed by atoms with van der Waals surface area (Å²) in [5.41, 5.74) is 1.93. The van der Waals surface area contributed by atoms with Gasteiger partial charge in [0.2, 0.25) is 5.78 Å². The third kappa shape index (κ3) is 3.71. The fraction of sp³-hybridized carbons (Fsp3) is 0.154. The first-order chi connectivity index (χ1) is 15.4. The van der Waals surface area contributed by atoms with Crippen LogP contribution in [0.15, 0.2) is 78.9 Å². The van der Waals surface area contributed by atoms with Crippen molar-refractivity contribution in [3.63, 3.8) is 0 Å². The number of methoxy groups -OCH3 is 1. The van der Waals surface area contributed by atoms with E-state index in [9.17, 15) is 19.2 Å².